The van der Waals surface area contributed by atoms with Crippen LogP contribution in [0.5, 0.6) is 0 Å². The van der Waals surface area contributed by atoms with Crippen LogP contribution in [0.4, 0.5) is 4.39 Å². The molecule has 0 radical (unpaired) electrons. The third kappa shape index (κ3) is 4.76. The first kappa shape index (κ1) is 20.0. The fraction of sp³-hybridized carbons (Fsp3) is 0.278. The Labute approximate surface area is 168 Å². The lowest BCUT2D eigenvalue weighted by Crippen LogP contribution is -2.09. The molecule has 0 fully saturated rings. The molecule has 0 aliphatic heterocycles. The Balaban J connectivity index is 1.81. The summed E-state index contributed by atoms with van der Waals surface area (Å²) in [5, 5.41) is 1.45. The van der Waals surface area contributed by atoms with E-state index in [-0.39, 0.29) is 12.4 Å². The van der Waals surface area contributed by atoms with Gasteiger partial charge in [0.2, 0.25) is 0 Å². The van der Waals surface area contributed by atoms with Crippen molar-refractivity contribution < 1.29 is 18.7 Å². The maximum Gasteiger partial charge on any atom is 0.348 e. The molecule has 0 amide bonds. The van der Waals surface area contributed by atoms with Crippen molar-refractivity contribution in [2.24, 2.45) is 0 Å². The minimum atomic E-state index is -0.427. The molecule has 0 saturated carbocycles. The molecule has 9 heteroatoms. The summed E-state index contributed by atoms with van der Waals surface area (Å²) in [6.07, 6.45) is 0. The van der Waals surface area contributed by atoms with E-state index in [1.165, 1.54) is 35.2 Å². The molecule has 0 aliphatic carbocycles. The van der Waals surface area contributed by atoms with Gasteiger partial charge in [-0.05, 0) is 30.2 Å². The van der Waals surface area contributed by atoms with Crippen LogP contribution >= 0.6 is 34.7 Å². The lowest BCUT2D eigenvalue weighted by Gasteiger charge is -2.03. The second-order valence-corrected chi connectivity index (χ2v) is 7.88. The SMILES string of the molecule is COCCOC(=O)c1sc2nc(SCc3ccc(F)cc3)nc(Cl)c2c1C. The third-order valence-corrected chi connectivity index (χ3v) is 6.07. The summed E-state index contributed by atoms with van der Waals surface area (Å²) >= 11 is 8.96. The number of hydrogen-bond acceptors (Lipinski definition) is 7. The van der Waals surface area contributed by atoms with Crippen molar-refractivity contribution in [3.8, 4) is 0 Å². The number of ether oxygens (including phenoxy) is 2. The van der Waals surface area contributed by atoms with E-state index in [0.717, 1.165) is 5.56 Å². The summed E-state index contributed by atoms with van der Waals surface area (Å²) in [6.45, 7) is 2.31. The minimum Gasteiger partial charge on any atom is -0.459 e. The fourth-order valence-electron chi connectivity index (χ4n) is 2.34. The standard InChI is InChI=1S/C18H16ClFN2O3S2/c1-10-13-15(19)21-18(26-9-11-3-5-12(20)6-4-11)22-16(13)27-14(10)17(23)25-8-7-24-2/h3-6H,7-9H2,1-2H3. The lowest BCUT2D eigenvalue weighted by molar-refractivity contribution is 0.0393. The van der Waals surface area contributed by atoms with Crippen LogP contribution in [0.1, 0.15) is 20.8 Å². The van der Waals surface area contributed by atoms with E-state index < -0.39 is 5.97 Å². The van der Waals surface area contributed by atoms with Crippen molar-refractivity contribution in [1.82, 2.24) is 9.97 Å². The summed E-state index contributed by atoms with van der Waals surface area (Å²) in [5.74, 6) is -0.120. The van der Waals surface area contributed by atoms with Crippen LogP contribution in [-0.4, -0.2) is 36.3 Å². The zero-order valence-electron chi connectivity index (χ0n) is 14.6. The first-order valence-corrected chi connectivity index (χ1v) is 10.2. The zero-order valence-corrected chi connectivity index (χ0v) is 17.0. The molecule has 0 saturated heterocycles. The number of carbonyl (C=O) groups is 1. The predicted molar refractivity (Wildman–Crippen MR) is 105 cm³/mol. The molecule has 2 heterocycles. The number of aryl methyl sites for hydroxylation is 1. The van der Waals surface area contributed by atoms with Gasteiger partial charge in [-0.25, -0.2) is 19.2 Å². The maximum atomic E-state index is 13.0. The Bertz CT molecular complexity index is 963. The molecule has 3 rings (SSSR count). The predicted octanol–water partition coefficient (Wildman–Crippen LogP) is 4.89. The van der Waals surface area contributed by atoms with Crippen molar-refractivity contribution in [3.63, 3.8) is 0 Å². The smallest absolute Gasteiger partial charge is 0.348 e. The van der Waals surface area contributed by atoms with E-state index in [4.69, 9.17) is 21.1 Å². The van der Waals surface area contributed by atoms with Gasteiger partial charge in [0.25, 0.3) is 0 Å². The summed E-state index contributed by atoms with van der Waals surface area (Å²) < 4.78 is 23.1. The number of halogens is 2. The fourth-order valence-corrected chi connectivity index (χ4v) is 4.69. The zero-order chi connectivity index (χ0) is 19.4. The van der Waals surface area contributed by atoms with E-state index in [0.29, 0.717) is 43.3 Å². The van der Waals surface area contributed by atoms with Crippen LogP contribution in [0.2, 0.25) is 5.15 Å². The Kier molecular flexibility index (Phi) is 6.64. The summed E-state index contributed by atoms with van der Waals surface area (Å²) in [4.78, 5) is 22.2. The molecule has 2 aromatic heterocycles. The van der Waals surface area contributed by atoms with Crippen molar-refractivity contribution in [2.75, 3.05) is 20.3 Å². The maximum absolute atomic E-state index is 13.0. The molecule has 142 valence electrons. The summed E-state index contributed by atoms with van der Waals surface area (Å²) in [6, 6.07) is 6.26. The summed E-state index contributed by atoms with van der Waals surface area (Å²) in [5.41, 5.74) is 1.66. The van der Waals surface area contributed by atoms with Crippen molar-refractivity contribution in [1.29, 1.82) is 0 Å². The van der Waals surface area contributed by atoms with Gasteiger partial charge in [-0.2, -0.15) is 0 Å². The third-order valence-electron chi connectivity index (χ3n) is 3.71. The molecule has 0 aliphatic rings. The molecule has 0 N–H and O–H groups in total. The van der Waals surface area contributed by atoms with Gasteiger partial charge in [-0.3, -0.25) is 0 Å². The van der Waals surface area contributed by atoms with Crippen LogP contribution in [0.3, 0.4) is 0 Å². The molecule has 0 atom stereocenters. The van der Waals surface area contributed by atoms with Crippen LogP contribution in [0.25, 0.3) is 10.2 Å². The molecule has 0 unspecified atom stereocenters. The molecule has 0 bridgehead atoms. The summed E-state index contributed by atoms with van der Waals surface area (Å²) in [7, 11) is 1.54. The van der Waals surface area contributed by atoms with E-state index in [2.05, 4.69) is 9.97 Å². The number of carbonyl (C=O) groups excluding carboxylic acids is 1. The van der Waals surface area contributed by atoms with Crippen LogP contribution in [0.15, 0.2) is 29.4 Å². The molecule has 0 spiro atoms. The Morgan fingerprint density at radius 3 is 2.70 bits per heavy atom. The average molecular weight is 427 g/mol. The van der Waals surface area contributed by atoms with Gasteiger partial charge in [0.1, 0.15) is 27.3 Å². The quantitative estimate of drug-likeness (QED) is 0.176. The van der Waals surface area contributed by atoms with Crippen molar-refractivity contribution >= 4 is 50.9 Å². The number of nitrogens with zero attached hydrogens (tertiary/aromatic N) is 2. The normalized spacial score (nSPS) is 11.1. The van der Waals surface area contributed by atoms with E-state index in [9.17, 15) is 9.18 Å². The monoisotopic (exact) mass is 426 g/mol. The number of esters is 1. The number of aromatic nitrogens is 2. The molecule has 27 heavy (non-hydrogen) atoms. The minimum absolute atomic E-state index is 0.182. The van der Waals surface area contributed by atoms with E-state index in [1.807, 2.05) is 0 Å². The second-order valence-electron chi connectivity index (χ2n) is 5.58. The number of methoxy groups -OCH3 is 1. The lowest BCUT2D eigenvalue weighted by atomic mass is 10.2. The number of fused-ring (bicyclic) bond motifs is 1. The molecule has 5 nitrogen and oxygen atoms in total. The first-order chi connectivity index (χ1) is 13.0. The van der Waals surface area contributed by atoms with E-state index in [1.54, 1.807) is 26.2 Å². The van der Waals surface area contributed by atoms with Gasteiger partial charge in [-0.15, -0.1) is 11.3 Å². The van der Waals surface area contributed by atoms with Gasteiger partial charge < -0.3 is 9.47 Å². The number of benzene rings is 1. The second kappa shape index (κ2) is 8.97. The Morgan fingerprint density at radius 2 is 2.00 bits per heavy atom. The Morgan fingerprint density at radius 1 is 1.26 bits per heavy atom. The Hall–Kier alpha value is -1.74. The highest BCUT2D eigenvalue weighted by Gasteiger charge is 2.21. The van der Waals surface area contributed by atoms with Crippen molar-refractivity contribution in [3.05, 3.63) is 51.2 Å². The highest BCUT2D eigenvalue weighted by atomic mass is 35.5. The largest absolute Gasteiger partial charge is 0.459 e. The highest BCUT2D eigenvalue weighted by Crippen LogP contribution is 2.35. The van der Waals surface area contributed by atoms with Crippen LogP contribution in [0, 0.1) is 12.7 Å². The molecular weight excluding hydrogens is 411 g/mol. The van der Waals surface area contributed by atoms with Crippen molar-refractivity contribution in [2.45, 2.75) is 17.8 Å². The van der Waals surface area contributed by atoms with Gasteiger partial charge >= 0.3 is 5.97 Å². The van der Waals surface area contributed by atoms with Crippen LogP contribution in [-0.2, 0) is 15.2 Å². The van der Waals surface area contributed by atoms with Gasteiger partial charge in [0.05, 0.1) is 12.0 Å². The van der Waals surface area contributed by atoms with Crippen LogP contribution < -0.4 is 0 Å². The van der Waals surface area contributed by atoms with E-state index >= 15 is 0 Å². The number of hydrogen-bond donors (Lipinski definition) is 0. The first-order valence-electron chi connectivity index (χ1n) is 7.99. The number of thioether (sulfide) groups is 1. The van der Waals surface area contributed by atoms with Gasteiger partial charge in [0, 0.05) is 12.9 Å². The topological polar surface area (TPSA) is 61.3 Å². The molecule has 3 aromatic rings. The molecular formula is C18H16ClFN2O3S2. The number of rotatable bonds is 7. The molecule has 1 aromatic carbocycles. The highest BCUT2D eigenvalue weighted by molar-refractivity contribution is 7.98. The van der Waals surface area contributed by atoms with Gasteiger partial charge in [0.15, 0.2) is 5.16 Å². The van der Waals surface area contributed by atoms with Gasteiger partial charge in [-0.1, -0.05) is 35.5 Å². The number of thiophene rings is 1. The average Bonchev–Trinajstić information content (AvgIpc) is 2.98.